The van der Waals surface area contributed by atoms with Gasteiger partial charge < -0.3 is 10.1 Å². The molecule has 2 heterocycles. The minimum Gasteiger partial charge on any atom is -0.382 e. The fourth-order valence-electron chi connectivity index (χ4n) is 2.55. The van der Waals surface area contributed by atoms with Crippen LogP contribution < -0.4 is 5.32 Å². The number of carbonyl (C=O) groups excluding carboxylic acids is 1. The SMILES string of the molecule is CCOCCCNC(=O)[C@@H](C)Sc1nc(-c2cccs2)nc2ccccc12. The summed E-state index contributed by atoms with van der Waals surface area (Å²) in [6.07, 6.45) is 0.815. The van der Waals surface area contributed by atoms with Gasteiger partial charge in [0.15, 0.2) is 5.82 Å². The predicted molar refractivity (Wildman–Crippen MR) is 112 cm³/mol. The number of nitrogens with zero attached hydrogens (tertiary/aromatic N) is 2. The number of rotatable bonds is 9. The Hall–Kier alpha value is -1.96. The minimum atomic E-state index is -0.244. The summed E-state index contributed by atoms with van der Waals surface area (Å²) in [6, 6.07) is 11.9. The van der Waals surface area contributed by atoms with E-state index in [0.29, 0.717) is 25.6 Å². The lowest BCUT2D eigenvalue weighted by Gasteiger charge is -2.13. The number of thioether (sulfide) groups is 1. The van der Waals surface area contributed by atoms with Gasteiger partial charge in [0.1, 0.15) is 5.03 Å². The summed E-state index contributed by atoms with van der Waals surface area (Å²) in [7, 11) is 0. The smallest absolute Gasteiger partial charge is 0.233 e. The number of benzene rings is 1. The highest BCUT2D eigenvalue weighted by molar-refractivity contribution is 8.00. The molecule has 1 atom stereocenters. The van der Waals surface area contributed by atoms with Crippen molar-refractivity contribution in [2.24, 2.45) is 0 Å². The van der Waals surface area contributed by atoms with Gasteiger partial charge in [-0.2, -0.15) is 0 Å². The van der Waals surface area contributed by atoms with Crippen LogP contribution in [-0.2, 0) is 9.53 Å². The second-order valence-corrected chi connectivity index (χ2v) is 8.23. The fraction of sp³-hybridized carbons (Fsp3) is 0.350. The summed E-state index contributed by atoms with van der Waals surface area (Å²) in [5.74, 6) is 0.715. The first kappa shape index (κ1) is 19.8. The molecule has 2 aromatic heterocycles. The average molecular weight is 402 g/mol. The molecule has 3 aromatic rings. The van der Waals surface area contributed by atoms with E-state index in [9.17, 15) is 4.79 Å². The normalized spacial score (nSPS) is 12.2. The Bertz CT molecular complexity index is 884. The molecule has 7 heteroatoms. The maximum atomic E-state index is 12.4. The monoisotopic (exact) mass is 401 g/mol. The van der Waals surface area contributed by atoms with E-state index >= 15 is 0 Å². The quantitative estimate of drug-likeness (QED) is 0.327. The second-order valence-electron chi connectivity index (χ2n) is 5.95. The third-order valence-electron chi connectivity index (χ3n) is 3.94. The highest BCUT2D eigenvalue weighted by atomic mass is 32.2. The van der Waals surface area contributed by atoms with Gasteiger partial charge in [-0.25, -0.2) is 9.97 Å². The van der Waals surface area contributed by atoms with Gasteiger partial charge in [-0.15, -0.1) is 11.3 Å². The van der Waals surface area contributed by atoms with Crippen molar-refractivity contribution in [1.29, 1.82) is 0 Å². The van der Waals surface area contributed by atoms with Crippen molar-refractivity contribution in [2.75, 3.05) is 19.8 Å². The number of amides is 1. The summed E-state index contributed by atoms with van der Waals surface area (Å²) in [5, 5.41) is 6.55. The van der Waals surface area contributed by atoms with Gasteiger partial charge in [-0.05, 0) is 37.8 Å². The first-order valence-electron chi connectivity index (χ1n) is 9.01. The van der Waals surface area contributed by atoms with E-state index in [-0.39, 0.29) is 11.2 Å². The second kappa shape index (κ2) is 9.82. The third kappa shape index (κ3) is 5.28. The Morgan fingerprint density at radius 2 is 2.11 bits per heavy atom. The number of carbonyl (C=O) groups is 1. The van der Waals surface area contributed by atoms with Crippen LogP contribution in [0.25, 0.3) is 21.6 Å². The van der Waals surface area contributed by atoms with Crippen LogP contribution in [0.3, 0.4) is 0 Å². The van der Waals surface area contributed by atoms with Crippen LogP contribution in [0.2, 0.25) is 0 Å². The van der Waals surface area contributed by atoms with Crippen molar-refractivity contribution < 1.29 is 9.53 Å². The topological polar surface area (TPSA) is 64.1 Å². The highest BCUT2D eigenvalue weighted by Gasteiger charge is 2.18. The molecule has 27 heavy (non-hydrogen) atoms. The van der Waals surface area contributed by atoms with Gasteiger partial charge >= 0.3 is 0 Å². The maximum Gasteiger partial charge on any atom is 0.233 e. The van der Waals surface area contributed by atoms with E-state index in [1.807, 2.05) is 55.6 Å². The first-order chi connectivity index (χ1) is 13.2. The van der Waals surface area contributed by atoms with Crippen molar-refractivity contribution >= 4 is 39.9 Å². The van der Waals surface area contributed by atoms with Crippen molar-refractivity contribution in [3.63, 3.8) is 0 Å². The molecule has 1 amide bonds. The lowest BCUT2D eigenvalue weighted by atomic mass is 10.2. The number of aromatic nitrogens is 2. The Labute approximate surface area is 167 Å². The summed E-state index contributed by atoms with van der Waals surface area (Å²) in [4.78, 5) is 22.9. The number of hydrogen-bond donors (Lipinski definition) is 1. The van der Waals surface area contributed by atoms with E-state index in [2.05, 4.69) is 10.3 Å². The fourth-order valence-corrected chi connectivity index (χ4v) is 4.17. The van der Waals surface area contributed by atoms with Gasteiger partial charge in [0.2, 0.25) is 5.91 Å². The van der Waals surface area contributed by atoms with Gasteiger partial charge in [0, 0.05) is 25.1 Å². The maximum absolute atomic E-state index is 12.4. The van der Waals surface area contributed by atoms with E-state index in [1.165, 1.54) is 11.8 Å². The Morgan fingerprint density at radius 3 is 2.89 bits per heavy atom. The predicted octanol–water partition coefficient (Wildman–Crippen LogP) is 4.38. The molecule has 1 N–H and O–H groups in total. The van der Waals surface area contributed by atoms with E-state index < -0.39 is 0 Å². The molecule has 0 saturated heterocycles. The zero-order valence-electron chi connectivity index (χ0n) is 15.5. The van der Waals surface area contributed by atoms with Crippen LogP contribution in [0.5, 0.6) is 0 Å². The first-order valence-corrected chi connectivity index (χ1v) is 10.8. The number of fused-ring (bicyclic) bond motifs is 1. The van der Waals surface area contributed by atoms with E-state index in [1.54, 1.807) is 11.3 Å². The standard InChI is InChI=1S/C20H23N3O2S2/c1-3-25-12-7-11-21-19(24)14(2)27-20-15-8-4-5-9-16(15)22-18(23-20)17-10-6-13-26-17/h4-6,8-10,13-14H,3,7,11-12H2,1-2H3,(H,21,24)/t14-/m1/s1. The molecule has 0 aliphatic carbocycles. The molecule has 0 saturated carbocycles. The van der Waals surface area contributed by atoms with Crippen LogP contribution in [0.4, 0.5) is 0 Å². The molecular weight excluding hydrogens is 378 g/mol. The highest BCUT2D eigenvalue weighted by Crippen LogP contribution is 2.32. The molecule has 1 aromatic carbocycles. The molecule has 5 nitrogen and oxygen atoms in total. The molecular formula is C20H23N3O2S2. The van der Waals surface area contributed by atoms with Crippen LogP contribution >= 0.6 is 23.1 Å². The summed E-state index contributed by atoms with van der Waals surface area (Å²) in [6.45, 7) is 5.86. The van der Waals surface area contributed by atoms with Gasteiger partial charge in [0.25, 0.3) is 0 Å². The lowest BCUT2D eigenvalue weighted by Crippen LogP contribution is -2.32. The number of nitrogens with one attached hydrogen (secondary N) is 1. The zero-order chi connectivity index (χ0) is 19.1. The molecule has 0 radical (unpaired) electrons. The Balaban J connectivity index is 1.74. The third-order valence-corrected chi connectivity index (χ3v) is 5.90. The average Bonchev–Trinajstić information content (AvgIpc) is 3.22. The van der Waals surface area contributed by atoms with Crippen molar-refractivity contribution in [3.05, 3.63) is 41.8 Å². The molecule has 0 unspecified atom stereocenters. The van der Waals surface area contributed by atoms with Gasteiger partial charge in [0.05, 0.1) is 15.6 Å². The van der Waals surface area contributed by atoms with Crippen LogP contribution in [0, 0.1) is 0 Å². The number of thiophene rings is 1. The molecule has 0 aliphatic heterocycles. The lowest BCUT2D eigenvalue weighted by molar-refractivity contribution is -0.120. The number of ether oxygens (including phenoxy) is 1. The largest absolute Gasteiger partial charge is 0.382 e. The van der Waals surface area contributed by atoms with Crippen molar-refractivity contribution in [3.8, 4) is 10.7 Å². The van der Waals surface area contributed by atoms with Gasteiger partial charge in [-0.3, -0.25) is 4.79 Å². The zero-order valence-corrected chi connectivity index (χ0v) is 17.1. The minimum absolute atomic E-state index is 0.0110. The number of hydrogen-bond acceptors (Lipinski definition) is 6. The molecule has 0 bridgehead atoms. The summed E-state index contributed by atoms with van der Waals surface area (Å²) in [5.41, 5.74) is 0.891. The molecule has 3 rings (SSSR count). The van der Waals surface area contributed by atoms with E-state index in [4.69, 9.17) is 9.72 Å². The number of para-hydroxylation sites is 1. The molecule has 0 fully saturated rings. The molecule has 142 valence electrons. The van der Waals surface area contributed by atoms with E-state index in [0.717, 1.165) is 27.2 Å². The van der Waals surface area contributed by atoms with Gasteiger partial charge in [-0.1, -0.05) is 36.0 Å². The Morgan fingerprint density at radius 1 is 1.26 bits per heavy atom. The van der Waals surface area contributed by atoms with Crippen LogP contribution in [0.15, 0.2) is 46.8 Å². The Kier molecular flexibility index (Phi) is 7.20. The molecule has 0 spiro atoms. The van der Waals surface area contributed by atoms with Crippen molar-refractivity contribution in [1.82, 2.24) is 15.3 Å². The molecule has 0 aliphatic rings. The summed E-state index contributed by atoms with van der Waals surface area (Å²) < 4.78 is 5.30. The summed E-state index contributed by atoms with van der Waals surface area (Å²) >= 11 is 3.08. The van der Waals surface area contributed by atoms with Crippen molar-refractivity contribution in [2.45, 2.75) is 30.5 Å². The van der Waals surface area contributed by atoms with Crippen LogP contribution in [-0.4, -0.2) is 40.9 Å². The van der Waals surface area contributed by atoms with Crippen LogP contribution in [0.1, 0.15) is 20.3 Å².